The zero-order chi connectivity index (χ0) is 18.5. The molecule has 1 aliphatic heterocycles. The second-order valence-corrected chi connectivity index (χ2v) is 6.78. The summed E-state index contributed by atoms with van der Waals surface area (Å²) in [6.45, 7) is 8.53. The maximum absolute atomic E-state index is 12.7. The molecule has 1 fully saturated rings. The number of nitrogens with zero attached hydrogens (tertiary/aromatic N) is 4. The van der Waals surface area contributed by atoms with Crippen molar-refractivity contribution in [1.29, 1.82) is 0 Å². The SMILES string of the molecule is CCOCc1cnc(C)nc1C1CCN(C(=O)c2cncc(C)c2)CC1. The predicted octanol–water partition coefficient (Wildman–Crippen LogP) is 3.04. The average molecular weight is 354 g/mol. The number of hydrogen-bond donors (Lipinski definition) is 0. The van der Waals surface area contributed by atoms with Gasteiger partial charge in [-0.1, -0.05) is 0 Å². The van der Waals surface area contributed by atoms with Gasteiger partial charge < -0.3 is 9.64 Å². The molecule has 0 atom stereocenters. The molecule has 3 rings (SSSR count). The van der Waals surface area contributed by atoms with Crippen molar-refractivity contribution in [3.05, 3.63) is 52.9 Å². The molecule has 26 heavy (non-hydrogen) atoms. The number of piperidine rings is 1. The number of amides is 1. The van der Waals surface area contributed by atoms with E-state index in [1.165, 1.54) is 0 Å². The lowest BCUT2D eigenvalue weighted by Gasteiger charge is -2.32. The van der Waals surface area contributed by atoms with Crippen LogP contribution in [0.4, 0.5) is 0 Å². The fourth-order valence-corrected chi connectivity index (χ4v) is 3.40. The molecule has 1 aliphatic rings. The number of carbonyl (C=O) groups is 1. The van der Waals surface area contributed by atoms with Gasteiger partial charge in [0.05, 0.1) is 17.9 Å². The third-order valence-corrected chi connectivity index (χ3v) is 4.77. The van der Waals surface area contributed by atoms with Crippen LogP contribution in [0.25, 0.3) is 0 Å². The highest BCUT2D eigenvalue weighted by molar-refractivity contribution is 5.94. The molecule has 3 heterocycles. The van der Waals surface area contributed by atoms with Gasteiger partial charge in [-0.25, -0.2) is 9.97 Å². The highest BCUT2D eigenvalue weighted by atomic mass is 16.5. The van der Waals surface area contributed by atoms with Crippen LogP contribution < -0.4 is 0 Å². The van der Waals surface area contributed by atoms with Crippen molar-refractivity contribution in [3.63, 3.8) is 0 Å². The largest absolute Gasteiger partial charge is 0.377 e. The lowest BCUT2D eigenvalue weighted by molar-refractivity contribution is 0.0710. The maximum Gasteiger partial charge on any atom is 0.255 e. The molecule has 0 bridgehead atoms. The molecule has 0 aliphatic carbocycles. The van der Waals surface area contributed by atoms with Gasteiger partial charge in [0.25, 0.3) is 5.91 Å². The third-order valence-electron chi connectivity index (χ3n) is 4.77. The van der Waals surface area contributed by atoms with Crippen molar-refractivity contribution in [1.82, 2.24) is 19.9 Å². The standard InChI is InChI=1S/C20H26N4O2/c1-4-26-13-18-12-22-15(3)23-19(18)16-5-7-24(8-6-16)20(25)17-9-14(2)10-21-11-17/h9-12,16H,4-8,13H2,1-3H3. The summed E-state index contributed by atoms with van der Waals surface area (Å²) in [6, 6.07) is 1.90. The number of carbonyl (C=O) groups excluding carboxylic acids is 1. The quantitative estimate of drug-likeness (QED) is 0.825. The van der Waals surface area contributed by atoms with Gasteiger partial charge in [-0.2, -0.15) is 0 Å². The Kier molecular flexibility index (Phi) is 5.93. The molecule has 6 heteroatoms. The fourth-order valence-electron chi connectivity index (χ4n) is 3.40. The monoisotopic (exact) mass is 354 g/mol. The van der Waals surface area contributed by atoms with Crippen LogP contribution in [0.1, 0.15) is 58.7 Å². The molecule has 2 aromatic heterocycles. The molecule has 6 nitrogen and oxygen atoms in total. The third kappa shape index (κ3) is 4.25. The van der Waals surface area contributed by atoms with Crippen molar-refractivity contribution in [3.8, 4) is 0 Å². The van der Waals surface area contributed by atoms with Gasteiger partial charge in [-0.05, 0) is 45.2 Å². The highest BCUT2D eigenvalue weighted by Gasteiger charge is 2.27. The number of aryl methyl sites for hydroxylation is 2. The van der Waals surface area contributed by atoms with Crippen molar-refractivity contribution in [2.75, 3.05) is 19.7 Å². The minimum atomic E-state index is 0.0630. The molecule has 1 amide bonds. The Balaban J connectivity index is 1.69. The number of likely N-dealkylation sites (tertiary alicyclic amines) is 1. The Morgan fingerprint density at radius 1 is 1.23 bits per heavy atom. The van der Waals surface area contributed by atoms with Crippen LogP contribution in [0.5, 0.6) is 0 Å². The van der Waals surface area contributed by atoms with Crippen LogP contribution in [0.15, 0.2) is 24.7 Å². The number of hydrogen-bond acceptors (Lipinski definition) is 5. The lowest BCUT2D eigenvalue weighted by atomic mass is 9.90. The highest BCUT2D eigenvalue weighted by Crippen LogP contribution is 2.30. The van der Waals surface area contributed by atoms with E-state index in [1.807, 2.05) is 37.9 Å². The maximum atomic E-state index is 12.7. The van der Waals surface area contributed by atoms with Crippen molar-refractivity contribution in [2.24, 2.45) is 0 Å². The molecular formula is C20H26N4O2. The van der Waals surface area contributed by atoms with Gasteiger partial charge in [-0.15, -0.1) is 0 Å². The van der Waals surface area contributed by atoms with E-state index in [1.54, 1.807) is 12.4 Å². The van der Waals surface area contributed by atoms with Crippen molar-refractivity contribution < 1.29 is 9.53 Å². The Morgan fingerprint density at radius 2 is 2.00 bits per heavy atom. The molecule has 138 valence electrons. The number of pyridine rings is 1. The van der Waals surface area contributed by atoms with Crippen molar-refractivity contribution in [2.45, 2.75) is 46.1 Å². The molecule has 0 unspecified atom stereocenters. The van der Waals surface area contributed by atoms with Crippen LogP contribution in [0.2, 0.25) is 0 Å². The molecule has 0 aromatic carbocycles. The Hall–Kier alpha value is -2.34. The summed E-state index contributed by atoms with van der Waals surface area (Å²) in [7, 11) is 0. The Labute approximate surface area is 154 Å². The van der Waals surface area contributed by atoms with E-state index in [-0.39, 0.29) is 5.91 Å². The normalized spacial score (nSPS) is 15.3. The fraction of sp³-hybridized carbons (Fsp3) is 0.500. The zero-order valence-electron chi connectivity index (χ0n) is 15.7. The van der Waals surface area contributed by atoms with Gasteiger partial charge in [0.15, 0.2) is 0 Å². The van der Waals surface area contributed by atoms with Gasteiger partial charge in [-0.3, -0.25) is 9.78 Å². The number of aromatic nitrogens is 3. The topological polar surface area (TPSA) is 68.2 Å². The molecule has 0 saturated carbocycles. The molecule has 0 radical (unpaired) electrons. The van der Waals surface area contributed by atoms with Gasteiger partial charge in [0.2, 0.25) is 0 Å². The second kappa shape index (κ2) is 8.36. The predicted molar refractivity (Wildman–Crippen MR) is 99.0 cm³/mol. The van der Waals surface area contributed by atoms with E-state index >= 15 is 0 Å². The first-order valence-electron chi connectivity index (χ1n) is 9.19. The number of rotatable bonds is 5. The van der Waals surface area contributed by atoms with Crippen LogP contribution >= 0.6 is 0 Å². The van der Waals surface area contributed by atoms with Crippen LogP contribution in [0.3, 0.4) is 0 Å². The summed E-state index contributed by atoms with van der Waals surface area (Å²) in [5, 5.41) is 0. The Morgan fingerprint density at radius 3 is 2.69 bits per heavy atom. The van der Waals surface area contributed by atoms with Crippen LogP contribution in [0, 0.1) is 13.8 Å². The summed E-state index contributed by atoms with van der Waals surface area (Å²) in [6.07, 6.45) is 7.10. The second-order valence-electron chi connectivity index (χ2n) is 6.78. The number of ether oxygens (including phenoxy) is 1. The first kappa shape index (κ1) is 18.5. The first-order valence-corrected chi connectivity index (χ1v) is 9.19. The van der Waals surface area contributed by atoms with Crippen molar-refractivity contribution >= 4 is 5.91 Å². The first-order chi connectivity index (χ1) is 12.6. The Bertz CT molecular complexity index is 770. The minimum absolute atomic E-state index is 0.0630. The van der Waals surface area contributed by atoms with Crippen LogP contribution in [-0.2, 0) is 11.3 Å². The smallest absolute Gasteiger partial charge is 0.255 e. The molecule has 1 saturated heterocycles. The average Bonchev–Trinajstić information content (AvgIpc) is 2.66. The zero-order valence-corrected chi connectivity index (χ0v) is 15.7. The van der Waals surface area contributed by atoms with Gasteiger partial charge in [0, 0.05) is 49.8 Å². The van der Waals surface area contributed by atoms with Crippen LogP contribution in [-0.4, -0.2) is 45.5 Å². The summed E-state index contributed by atoms with van der Waals surface area (Å²) in [5.41, 5.74) is 3.81. The summed E-state index contributed by atoms with van der Waals surface area (Å²) < 4.78 is 5.57. The van der Waals surface area contributed by atoms with E-state index in [2.05, 4.69) is 15.0 Å². The molecule has 2 aromatic rings. The molecule has 0 N–H and O–H groups in total. The van der Waals surface area contributed by atoms with E-state index in [4.69, 9.17) is 4.74 Å². The van der Waals surface area contributed by atoms with E-state index < -0.39 is 0 Å². The van der Waals surface area contributed by atoms with E-state index in [0.717, 1.165) is 48.6 Å². The van der Waals surface area contributed by atoms with E-state index in [9.17, 15) is 4.79 Å². The summed E-state index contributed by atoms with van der Waals surface area (Å²) in [5.74, 6) is 1.18. The van der Waals surface area contributed by atoms with Gasteiger partial charge in [0.1, 0.15) is 5.82 Å². The lowest BCUT2D eigenvalue weighted by Crippen LogP contribution is -2.38. The minimum Gasteiger partial charge on any atom is -0.377 e. The molecule has 0 spiro atoms. The summed E-state index contributed by atoms with van der Waals surface area (Å²) in [4.78, 5) is 27.8. The summed E-state index contributed by atoms with van der Waals surface area (Å²) >= 11 is 0. The van der Waals surface area contributed by atoms with E-state index in [0.29, 0.717) is 24.7 Å². The molecular weight excluding hydrogens is 328 g/mol. The van der Waals surface area contributed by atoms with Gasteiger partial charge >= 0.3 is 0 Å².